The highest BCUT2D eigenvalue weighted by atomic mass is 16.5. The molecule has 0 saturated heterocycles. The summed E-state index contributed by atoms with van der Waals surface area (Å²) in [4.78, 5) is 28.8. The average molecular weight is 460 g/mol. The number of aromatic nitrogens is 2. The standard InChI is InChI=1S/C25H24N4O5/c1-16-21(15-26-24(31)22-13-14-27-34-22)29-25(33-16)18-6-8-19(9-7-18)28-23(30)12-5-17-3-10-20(32-2)11-4-17/h3-4,6-11,13-14H,5,12,15H2,1-2H3,(H,26,31)(H,28,30). The summed E-state index contributed by atoms with van der Waals surface area (Å²) in [6.07, 6.45) is 2.41. The van der Waals surface area contributed by atoms with Gasteiger partial charge in [-0.2, -0.15) is 0 Å². The predicted octanol–water partition coefficient (Wildman–Crippen LogP) is 4.15. The van der Waals surface area contributed by atoms with Gasteiger partial charge < -0.3 is 24.3 Å². The first-order valence-electron chi connectivity index (χ1n) is 10.7. The number of methoxy groups -OCH3 is 1. The van der Waals surface area contributed by atoms with Crippen molar-refractivity contribution in [1.82, 2.24) is 15.5 Å². The van der Waals surface area contributed by atoms with Gasteiger partial charge in [-0.15, -0.1) is 0 Å². The minimum absolute atomic E-state index is 0.0691. The zero-order chi connectivity index (χ0) is 23.9. The molecule has 0 aliphatic carbocycles. The number of hydrogen-bond donors (Lipinski definition) is 2. The first-order valence-corrected chi connectivity index (χ1v) is 10.7. The van der Waals surface area contributed by atoms with Crippen LogP contribution in [0.5, 0.6) is 5.75 Å². The van der Waals surface area contributed by atoms with Crippen molar-refractivity contribution in [3.8, 4) is 17.2 Å². The fourth-order valence-corrected chi connectivity index (χ4v) is 3.27. The van der Waals surface area contributed by atoms with Crippen molar-refractivity contribution >= 4 is 17.5 Å². The molecule has 0 bridgehead atoms. The van der Waals surface area contributed by atoms with E-state index in [4.69, 9.17) is 13.7 Å². The van der Waals surface area contributed by atoms with Gasteiger partial charge in [0.2, 0.25) is 17.6 Å². The van der Waals surface area contributed by atoms with Gasteiger partial charge in [0.15, 0.2) is 0 Å². The molecule has 34 heavy (non-hydrogen) atoms. The molecule has 2 N–H and O–H groups in total. The fraction of sp³-hybridized carbons (Fsp3) is 0.200. The summed E-state index contributed by atoms with van der Waals surface area (Å²) < 4.78 is 15.7. The molecule has 0 saturated carbocycles. The van der Waals surface area contributed by atoms with E-state index in [0.717, 1.165) is 16.9 Å². The van der Waals surface area contributed by atoms with Gasteiger partial charge in [-0.05, 0) is 55.3 Å². The van der Waals surface area contributed by atoms with Crippen LogP contribution in [0.4, 0.5) is 5.69 Å². The lowest BCUT2D eigenvalue weighted by molar-refractivity contribution is -0.116. The van der Waals surface area contributed by atoms with Crippen LogP contribution in [0.2, 0.25) is 0 Å². The highest BCUT2D eigenvalue weighted by molar-refractivity contribution is 5.91. The number of ether oxygens (including phenoxy) is 1. The molecular formula is C25H24N4O5. The number of aryl methyl sites for hydroxylation is 2. The first-order chi connectivity index (χ1) is 16.5. The van der Waals surface area contributed by atoms with Crippen molar-refractivity contribution in [3.63, 3.8) is 0 Å². The van der Waals surface area contributed by atoms with Crippen molar-refractivity contribution in [1.29, 1.82) is 0 Å². The van der Waals surface area contributed by atoms with Gasteiger partial charge in [-0.3, -0.25) is 9.59 Å². The largest absolute Gasteiger partial charge is 0.497 e. The Morgan fingerprint density at radius 2 is 1.79 bits per heavy atom. The number of nitrogens with one attached hydrogen (secondary N) is 2. The van der Waals surface area contributed by atoms with E-state index in [9.17, 15) is 9.59 Å². The molecule has 0 unspecified atom stereocenters. The fourth-order valence-electron chi connectivity index (χ4n) is 3.27. The van der Waals surface area contributed by atoms with Crippen molar-refractivity contribution in [2.45, 2.75) is 26.3 Å². The molecule has 2 amide bonds. The van der Waals surface area contributed by atoms with Crippen molar-refractivity contribution in [2.24, 2.45) is 0 Å². The highest BCUT2D eigenvalue weighted by Gasteiger charge is 2.15. The summed E-state index contributed by atoms with van der Waals surface area (Å²) in [6, 6.07) is 16.4. The molecule has 9 heteroatoms. The Morgan fingerprint density at radius 3 is 2.47 bits per heavy atom. The second-order valence-electron chi connectivity index (χ2n) is 7.55. The Morgan fingerprint density at radius 1 is 1.03 bits per heavy atom. The van der Waals surface area contributed by atoms with Gasteiger partial charge in [0.05, 0.1) is 19.9 Å². The Balaban J connectivity index is 1.30. The second kappa shape index (κ2) is 10.5. The topological polar surface area (TPSA) is 119 Å². The van der Waals surface area contributed by atoms with E-state index in [0.29, 0.717) is 35.9 Å². The summed E-state index contributed by atoms with van der Waals surface area (Å²) in [7, 11) is 1.62. The molecule has 174 valence electrons. The average Bonchev–Trinajstić information content (AvgIpc) is 3.52. The molecule has 2 aromatic carbocycles. The van der Waals surface area contributed by atoms with Crippen LogP contribution in [0.1, 0.15) is 34.0 Å². The Labute approximate surface area is 196 Å². The molecule has 2 heterocycles. The van der Waals surface area contributed by atoms with E-state index in [1.165, 1.54) is 12.3 Å². The van der Waals surface area contributed by atoms with Gasteiger partial charge in [0.25, 0.3) is 5.91 Å². The van der Waals surface area contributed by atoms with Crippen LogP contribution in [0, 0.1) is 6.92 Å². The Bertz CT molecular complexity index is 1250. The van der Waals surface area contributed by atoms with E-state index in [1.807, 2.05) is 36.4 Å². The molecule has 4 aromatic rings. The van der Waals surface area contributed by atoms with Crippen LogP contribution in [0.3, 0.4) is 0 Å². The molecule has 0 spiro atoms. The Hall–Kier alpha value is -4.40. The number of carbonyl (C=O) groups is 2. The molecule has 0 aliphatic heterocycles. The lowest BCUT2D eigenvalue weighted by atomic mass is 10.1. The molecule has 0 aliphatic rings. The molecule has 0 radical (unpaired) electrons. The summed E-state index contributed by atoms with van der Waals surface area (Å²) in [5.74, 6) is 1.50. The normalized spacial score (nSPS) is 10.6. The molecule has 9 nitrogen and oxygen atoms in total. The number of benzene rings is 2. The lowest BCUT2D eigenvalue weighted by Gasteiger charge is -2.06. The van der Waals surface area contributed by atoms with Crippen LogP contribution < -0.4 is 15.4 Å². The van der Waals surface area contributed by atoms with Crippen LogP contribution in [-0.2, 0) is 17.8 Å². The van der Waals surface area contributed by atoms with E-state index in [1.54, 1.807) is 26.2 Å². The highest BCUT2D eigenvalue weighted by Crippen LogP contribution is 2.23. The maximum atomic E-state index is 12.3. The monoisotopic (exact) mass is 460 g/mol. The predicted molar refractivity (Wildman–Crippen MR) is 124 cm³/mol. The Kier molecular flexibility index (Phi) is 7.02. The zero-order valence-electron chi connectivity index (χ0n) is 18.8. The van der Waals surface area contributed by atoms with Crippen molar-refractivity contribution in [3.05, 3.63) is 83.6 Å². The molecule has 4 rings (SSSR count). The number of carbonyl (C=O) groups excluding carboxylic acids is 2. The zero-order valence-corrected chi connectivity index (χ0v) is 18.8. The van der Waals surface area contributed by atoms with Crippen molar-refractivity contribution < 1.29 is 23.3 Å². The van der Waals surface area contributed by atoms with Gasteiger partial charge in [0.1, 0.15) is 17.2 Å². The number of nitrogens with zero attached hydrogens (tertiary/aromatic N) is 2. The number of rotatable bonds is 9. The molecule has 2 aromatic heterocycles. The number of hydrogen-bond acceptors (Lipinski definition) is 7. The minimum atomic E-state index is -0.381. The third-order valence-corrected chi connectivity index (χ3v) is 5.19. The van der Waals surface area contributed by atoms with E-state index in [-0.39, 0.29) is 24.1 Å². The lowest BCUT2D eigenvalue weighted by Crippen LogP contribution is -2.22. The van der Waals surface area contributed by atoms with Crippen LogP contribution in [0.25, 0.3) is 11.5 Å². The van der Waals surface area contributed by atoms with Gasteiger partial charge in [-0.25, -0.2) is 4.98 Å². The summed E-state index contributed by atoms with van der Waals surface area (Å²) in [6.45, 7) is 1.97. The quantitative estimate of drug-likeness (QED) is 0.385. The van der Waals surface area contributed by atoms with E-state index >= 15 is 0 Å². The maximum absolute atomic E-state index is 12.3. The minimum Gasteiger partial charge on any atom is -0.497 e. The maximum Gasteiger partial charge on any atom is 0.290 e. The van der Waals surface area contributed by atoms with Gasteiger partial charge in [-0.1, -0.05) is 17.3 Å². The first kappa shape index (κ1) is 22.8. The molecular weight excluding hydrogens is 436 g/mol. The molecule has 0 atom stereocenters. The number of anilines is 1. The van der Waals surface area contributed by atoms with Gasteiger partial charge >= 0.3 is 0 Å². The summed E-state index contributed by atoms with van der Waals surface area (Å²) >= 11 is 0. The smallest absolute Gasteiger partial charge is 0.290 e. The summed E-state index contributed by atoms with van der Waals surface area (Å²) in [5, 5.41) is 9.13. The third-order valence-electron chi connectivity index (χ3n) is 5.19. The second-order valence-corrected chi connectivity index (χ2v) is 7.55. The number of amides is 2. The van der Waals surface area contributed by atoms with Crippen molar-refractivity contribution in [2.75, 3.05) is 12.4 Å². The van der Waals surface area contributed by atoms with Crippen LogP contribution >= 0.6 is 0 Å². The van der Waals surface area contributed by atoms with Gasteiger partial charge in [0, 0.05) is 23.7 Å². The van der Waals surface area contributed by atoms with E-state index < -0.39 is 0 Å². The summed E-state index contributed by atoms with van der Waals surface area (Å²) in [5.41, 5.74) is 3.12. The van der Waals surface area contributed by atoms with Crippen LogP contribution in [0.15, 0.2) is 69.7 Å². The van der Waals surface area contributed by atoms with Crippen LogP contribution in [-0.4, -0.2) is 29.1 Å². The third kappa shape index (κ3) is 5.69. The van der Waals surface area contributed by atoms with E-state index in [2.05, 4.69) is 20.8 Å². The number of oxazole rings is 1. The molecule has 0 fully saturated rings. The SMILES string of the molecule is COc1ccc(CCC(=O)Nc2ccc(-c3nc(CNC(=O)c4ccno4)c(C)o3)cc2)cc1.